The molecule has 1 saturated heterocycles. The van der Waals surface area contributed by atoms with Crippen molar-refractivity contribution in [1.29, 1.82) is 0 Å². The lowest BCUT2D eigenvalue weighted by Gasteiger charge is -2.32. The van der Waals surface area contributed by atoms with Crippen LogP contribution in [0.25, 0.3) is 0 Å². The summed E-state index contributed by atoms with van der Waals surface area (Å²) >= 11 is 0. The summed E-state index contributed by atoms with van der Waals surface area (Å²) < 4.78 is 55.7. The van der Waals surface area contributed by atoms with Gasteiger partial charge in [0, 0.05) is 0 Å². The summed E-state index contributed by atoms with van der Waals surface area (Å²) in [5.74, 6) is -0.725. The summed E-state index contributed by atoms with van der Waals surface area (Å²) in [6, 6.07) is 3.02. The van der Waals surface area contributed by atoms with Crippen LogP contribution in [-0.2, 0) is 20.2 Å². The molecule has 0 spiro atoms. The van der Waals surface area contributed by atoms with Gasteiger partial charge in [-0.15, -0.1) is 0 Å². The second kappa shape index (κ2) is 5.52. The molecule has 0 radical (unpaired) electrons. The van der Waals surface area contributed by atoms with E-state index in [2.05, 4.69) is 4.74 Å². The lowest BCUT2D eigenvalue weighted by atomic mass is 9.75. The van der Waals surface area contributed by atoms with Gasteiger partial charge in [0.2, 0.25) is 0 Å². The van der Waals surface area contributed by atoms with Gasteiger partial charge in [-0.25, -0.2) is 4.79 Å². The van der Waals surface area contributed by atoms with Crippen molar-refractivity contribution in [3.05, 3.63) is 29.3 Å². The van der Waals surface area contributed by atoms with Crippen LogP contribution in [0.1, 0.15) is 43.6 Å². The Morgan fingerprint density at radius 2 is 1.65 bits per heavy atom. The van der Waals surface area contributed by atoms with Gasteiger partial charge in [0.25, 0.3) is 0 Å². The van der Waals surface area contributed by atoms with E-state index in [9.17, 15) is 18.0 Å². The number of hydrogen-bond donors (Lipinski definition) is 0. The predicted molar refractivity (Wildman–Crippen MR) is 78.5 cm³/mol. The van der Waals surface area contributed by atoms with Crippen LogP contribution in [0.5, 0.6) is 0 Å². The molecule has 0 atom stereocenters. The fourth-order valence-electron chi connectivity index (χ4n) is 2.23. The van der Waals surface area contributed by atoms with Crippen LogP contribution < -0.4 is 5.46 Å². The summed E-state index contributed by atoms with van der Waals surface area (Å²) in [6.07, 6.45) is -4.59. The van der Waals surface area contributed by atoms with Crippen LogP contribution in [0.4, 0.5) is 13.2 Å². The molecule has 1 aromatic carbocycles. The molecule has 0 amide bonds. The highest BCUT2D eigenvalue weighted by Gasteiger charge is 2.53. The summed E-state index contributed by atoms with van der Waals surface area (Å²) in [5.41, 5.74) is -2.71. The van der Waals surface area contributed by atoms with E-state index in [-0.39, 0.29) is 11.0 Å². The normalized spacial score (nSPS) is 19.7. The zero-order valence-corrected chi connectivity index (χ0v) is 13.6. The highest BCUT2D eigenvalue weighted by atomic mass is 19.4. The molecular formula is C15H18BF3O4. The molecule has 0 N–H and O–H groups in total. The van der Waals surface area contributed by atoms with Crippen LogP contribution in [0, 0.1) is 0 Å². The molecule has 1 fully saturated rings. The number of halogens is 3. The van der Waals surface area contributed by atoms with Crippen LogP contribution >= 0.6 is 0 Å². The Kier molecular flexibility index (Phi) is 4.28. The van der Waals surface area contributed by atoms with Crippen molar-refractivity contribution in [3.8, 4) is 0 Å². The average Bonchev–Trinajstić information content (AvgIpc) is 2.65. The number of benzene rings is 1. The third kappa shape index (κ3) is 3.23. The van der Waals surface area contributed by atoms with E-state index in [4.69, 9.17) is 9.31 Å². The summed E-state index contributed by atoms with van der Waals surface area (Å²) in [5, 5.41) is 0. The highest BCUT2D eigenvalue weighted by molar-refractivity contribution is 6.62. The molecule has 1 aromatic rings. The predicted octanol–water partition coefficient (Wildman–Crippen LogP) is 2.79. The van der Waals surface area contributed by atoms with E-state index >= 15 is 0 Å². The Balaban J connectivity index is 2.53. The molecular weight excluding hydrogens is 312 g/mol. The number of carbonyl (C=O) groups excluding carboxylic acids is 1. The largest absolute Gasteiger partial charge is 0.495 e. The van der Waals surface area contributed by atoms with Gasteiger partial charge in [0.15, 0.2) is 0 Å². The minimum atomic E-state index is -4.59. The van der Waals surface area contributed by atoms with Crippen LogP contribution in [0.2, 0.25) is 0 Å². The molecule has 1 aliphatic rings. The molecule has 0 aliphatic carbocycles. The number of carbonyl (C=O) groups is 1. The third-order valence-corrected chi connectivity index (χ3v) is 4.29. The Morgan fingerprint density at radius 3 is 2.09 bits per heavy atom. The van der Waals surface area contributed by atoms with Crippen molar-refractivity contribution in [2.45, 2.75) is 45.1 Å². The summed E-state index contributed by atoms with van der Waals surface area (Å²) in [7, 11) is -0.0599. The third-order valence-electron chi connectivity index (χ3n) is 4.29. The van der Waals surface area contributed by atoms with Gasteiger partial charge in [-0.2, -0.15) is 13.2 Å². The number of methoxy groups -OCH3 is 1. The van der Waals surface area contributed by atoms with Crippen LogP contribution in [0.3, 0.4) is 0 Å². The summed E-state index contributed by atoms with van der Waals surface area (Å²) in [6.45, 7) is 6.96. The molecule has 4 nitrogen and oxygen atoms in total. The molecule has 8 heteroatoms. The maximum Gasteiger partial charge on any atom is 0.495 e. The van der Waals surface area contributed by atoms with Crippen LogP contribution in [0.15, 0.2) is 18.2 Å². The monoisotopic (exact) mass is 330 g/mol. The minimum absolute atomic E-state index is 0.00483. The molecule has 126 valence electrons. The Bertz CT molecular complexity index is 610. The lowest BCUT2D eigenvalue weighted by molar-refractivity contribution is -0.136. The van der Waals surface area contributed by atoms with Crippen molar-refractivity contribution in [2.75, 3.05) is 7.11 Å². The molecule has 0 aromatic heterocycles. The fourth-order valence-corrected chi connectivity index (χ4v) is 2.23. The molecule has 0 saturated carbocycles. The van der Waals surface area contributed by atoms with Crippen LogP contribution in [-0.4, -0.2) is 31.4 Å². The van der Waals surface area contributed by atoms with Gasteiger partial charge >= 0.3 is 19.3 Å². The SMILES string of the molecule is COC(=O)c1ccc(C(F)(F)F)c(B2OC(C)(C)C(C)(C)O2)c1. The van der Waals surface area contributed by atoms with Gasteiger partial charge in [-0.1, -0.05) is 0 Å². The molecule has 2 rings (SSSR count). The standard InChI is InChI=1S/C15H18BF3O4/c1-13(2)14(3,4)23-16(22-13)11-8-9(12(20)21-5)6-7-10(11)15(17,18)19/h6-8H,1-5H3. The van der Waals surface area contributed by atoms with Gasteiger partial charge in [0.1, 0.15) is 0 Å². The lowest BCUT2D eigenvalue weighted by Crippen LogP contribution is -2.41. The second-order valence-electron chi connectivity index (χ2n) is 6.38. The first-order chi connectivity index (χ1) is 10.4. The smallest absolute Gasteiger partial charge is 0.465 e. The maximum atomic E-state index is 13.3. The van der Waals surface area contributed by atoms with E-state index < -0.39 is 36.0 Å². The molecule has 1 heterocycles. The van der Waals surface area contributed by atoms with Crippen molar-refractivity contribution < 1.29 is 32.0 Å². The summed E-state index contributed by atoms with van der Waals surface area (Å²) in [4.78, 5) is 11.6. The van der Waals surface area contributed by atoms with Gasteiger partial charge < -0.3 is 14.0 Å². The van der Waals surface area contributed by atoms with Crippen molar-refractivity contribution in [1.82, 2.24) is 0 Å². The van der Waals surface area contributed by atoms with E-state index in [0.717, 1.165) is 25.3 Å². The van der Waals surface area contributed by atoms with Crippen molar-refractivity contribution >= 4 is 18.6 Å². The first kappa shape index (κ1) is 17.8. The van der Waals surface area contributed by atoms with Gasteiger partial charge in [-0.05, 0) is 51.4 Å². The Labute approximate surface area is 133 Å². The molecule has 0 bridgehead atoms. The second-order valence-corrected chi connectivity index (χ2v) is 6.38. The quantitative estimate of drug-likeness (QED) is 0.618. The molecule has 1 aliphatic heterocycles. The highest BCUT2D eigenvalue weighted by Crippen LogP contribution is 2.38. The number of alkyl halides is 3. The average molecular weight is 330 g/mol. The number of rotatable bonds is 2. The number of ether oxygens (including phenoxy) is 1. The van der Waals surface area contributed by atoms with E-state index in [1.54, 1.807) is 27.7 Å². The Hall–Kier alpha value is -1.54. The molecule has 23 heavy (non-hydrogen) atoms. The maximum absolute atomic E-state index is 13.3. The fraction of sp³-hybridized carbons (Fsp3) is 0.533. The first-order valence-corrected chi connectivity index (χ1v) is 7.04. The van der Waals surface area contributed by atoms with Crippen molar-refractivity contribution in [3.63, 3.8) is 0 Å². The molecule has 0 unspecified atom stereocenters. The van der Waals surface area contributed by atoms with E-state index in [1.807, 2.05) is 0 Å². The van der Waals surface area contributed by atoms with Gasteiger partial charge in [0.05, 0.1) is 29.4 Å². The number of esters is 1. The Morgan fingerprint density at radius 1 is 1.13 bits per heavy atom. The first-order valence-electron chi connectivity index (χ1n) is 7.04. The van der Waals surface area contributed by atoms with E-state index in [0.29, 0.717) is 0 Å². The minimum Gasteiger partial charge on any atom is -0.465 e. The van der Waals surface area contributed by atoms with Gasteiger partial charge in [-0.3, -0.25) is 0 Å². The van der Waals surface area contributed by atoms with E-state index in [1.165, 1.54) is 0 Å². The number of hydrogen-bond acceptors (Lipinski definition) is 4. The van der Waals surface area contributed by atoms with Crippen molar-refractivity contribution in [2.24, 2.45) is 0 Å². The topological polar surface area (TPSA) is 44.8 Å². The zero-order chi connectivity index (χ0) is 17.6. The zero-order valence-electron chi connectivity index (χ0n) is 13.6.